The van der Waals surface area contributed by atoms with E-state index >= 15 is 0 Å². The number of benzene rings is 3. The van der Waals surface area contributed by atoms with Crippen LogP contribution >= 0.6 is 11.8 Å². The molecule has 1 heterocycles. The predicted octanol–water partition coefficient (Wildman–Crippen LogP) is 7.88. The number of rotatable bonds is 5. The molecule has 0 aromatic heterocycles. The lowest BCUT2D eigenvalue weighted by atomic mass is 9.82. The molecular formula is C32H30N2O2S. The molecule has 5 heteroatoms. The third-order valence-electron chi connectivity index (χ3n) is 8.40. The number of carboxylic acids is 1. The normalized spacial score (nSPS) is 20.7. The summed E-state index contributed by atoms with van der Waals surface area (Å²) in [6.45, 7) is 6.88. The highest BCUT2D eigenvalue weighted by Gasteiger charge is 2.43. The molecule has 3 aliphatic rings. The van der Waals surface area contributed by atoms with Gasteiger partial charge in [0.25, 0.3) is 0 Å². The monoisotopic (exact) mass is 506 g/mol. The Hall–Kier alpha value is -3.49. The Morgan fingerprint density at radius 3 is 2.59 bits per heavy atom. The van der Waals surface area contributed by atoms with Crippen molar-refractivity contribution in [2.24, 2.45) is 0 Å². The number of nitriles is 1. The van der Waals surface area contributed by atoms with Crippen molar-refractivity contribution in [3.8, 4) is 17.2 Å². The molecule has 4 nitrogen and oxygen atoms in total. The molecule has 0 spiro atoms. The Labute approximate surface area is 222 Å². The summed E-state index contributed by atoms with van der Waals surface area (Å²) in [6, 6.07) is 22.2. The van der Waals surface area contributed by atoms with Gasteiger partial charge in [-0.3, -0.25) is 0 Å². The minimum atomic E-state index is -1.19. The first-order chi connectivity index (χ1) is 17.8. The van der Waals surface area contributed by atoms with E-state index in [1.807, 2.05) is 17.8 Å². The van der Waals surface area contributed by atoms with E-state index in [4.69, 9.17) is 0 Å². The molecule has 1 aliphatic heterocycles. The molecule has 1 N–H and O–H groups in total. The quantitative estimate of drug-likeness (QED) is 0.217. The molecule has 0 bridgehead atoms. The smallest absolute Gasteiger partial charge is 0.346 e. The van der Waals surface area contributed by atoms with Gasteiger partial charge in [0, 0.05) is 33.6 Å². The second-order valence-electron chi connectivity index (χ2n) is 10.8. The number of fused-ring (bicyclic) bond motifs is 6. The van der Waals surface area contributed by atoms with Gasteiger partial charge in [0.2, 0.25) is 0 Å². The lowest BCUT2D eigenvalue weighted by molar-refractivity contribution is -0.132. The van der Waals surface area contributed by atoms with Crippen LogP contribution < -0.4 is 4.90 Å². The Kier molecular flexibility index (Phi) is 5.69. The third-order valence-corrected chi connectivity index (χ3v) is 9.28. The van der Waals surface area contributed by atoms with E-state index in [1.165, 1.54) is 56.6 Å². The van der Waals surface area contributed by atoms with Crippen molar-refractivity contribution >= 4 is 35.2 Å². The molecule has 6 rings (SSSR count). The number of anilines is 2. The molecule has 2 unspecified atom stereocenters. The van der Waals surface area contributed by atoms with Gasteiger partial charge in [-0.1, -0.05) is 45.4 Å². The van der Waals surface area contributed by atoms with Crippen molar-refractivity contribution in [3.63, 3.8) is 0 Å². The molecule has 0 amide bonds. The first-order valence-electron chi connectivity index (χ1n) is 13.0. The van der Waals surface area contributed by atoms with Crippen LogP contribution in [0.1, 0.15) is 68.2 Å². The Bertz CT molecular complexity index is 1510. The number of thioether (sulfide) groups is 1. The van der Waals surface area contributed by atoms with Crippen LogP contribution in [0.3, 0.4) is 0 Å². The lowest BCUT2D eigenvalue weighted by Crippen LogP contribution is -2.27. The van der Waals surface area contributed by atoms with Gasteiger partial charge in [-0.2, -0.15) is 5.26 Å². The number of nitrogens with zero attached hydrogens (tertiary/aromatic N) is 2. The minimum Gasteiger partial charge on any atom is -0.477 e. The van der Waals surface area contributed by atoms with Crippen molar-refractivity contribution in [3.05, 3.63) is 82.4 Å². The highest BCUT2D eigenvalue weighted by Crippen LogP contribution is 2.55. The van der Waals surface area contributed by atoms with Crippen molar-refractivity contribution in [2.45, 2.75) is 62.3 Å². The van der Waals surface area contributed by atoms with Gasteiger partial charge in [-0.25, -0.2) is 4.79 Å². The van der Waals surface area contributed by atoms with E-state index in [2.05, 4.69) is 74.2 Å². The van der Waals surface area contributed by atoms with Crippen LogP contribution in [0.2, 0.25) is 0 Å². The van der Waals surface area contributed by atoms with Gasteiger partial charge in [-0.05, 0) is 94.4 Å². The number of hydrogen-bond acceptors (Lipinski definition) is 4. The Balaban J connectivity index is 1.42. The fraction of sp³-hybridized carbons (Fsp3) is 0.312. The fourth-order valence-corrected chi connectivity index (χ4v) is 7.42. The van der Waals surface area contributed by atoms with Crippen molar-refractivity contribution < 1.29 is 9.90 Å². The summed E-state index contributed by atoms with van der Waals surface area (Å²) in [5, 5.41) is 18.5. The highest BCUT2D eigenvalue weighted by molar-refractivity contribution is 7.99. The van der Waals surface area contributed by atoms with E-state index in [0.29, 0.717) is 12.0 Å². The maximum Gasteiger partial charge on any atom is 0.346 e. The first-order valence-corrected chi connectivity index (χ1v) is 14.0. The van der Waals surface area contributed by atoms with Crippen molar-refractivity contribution in [2.75, 3.05) is 10.7 Å². The highest BCUT2D eigenvalue weighted by atomic mass is 32.2. The zero-order valence-corrected chi connectivity index (χ0v) is 22.2. The zero-order chi connectivity index (χ0) is 25.9. The lowest BCUT2D eigenvalue weighted by Gasteiger charge is -2.29. The van der Waals surface area contributed by atoms with Crippen LogP contribution in [-0.4, -0.2) is 22.9 Å². The molecule has 186 valence electrons. The van der Waals surface area contributed by atoms with Crippen LogP contribution in [0, 0.1) is 11.3 Å². The summed E-state index contributed by atoms with van der Waals surface area (Å²) in [5.41, 5.74) is 9.62. The van der Waals surface area contributed by atoms with Gasteiger partial charge in [0.05, 0.1) is 0 Å². The van der Waals surface area contributed by atoms with Crippen molar-refractivity contribution in [1.82, 2.24) is 0 Å². The maximum atomic E-state index is 11.4. The summed E-state index contributed by atoms with van der Waals surface area (Å²) >= 11 is 1.89. The van der Waals surface area contributed by atoms with Crippen LogP contribution in [0.4, 0.5) is 11.4 Å². The largest absolute Gasteiger partial charge is 0.477 e. The zero-order valence-electron chi connectivity index (χ0n) is 21.4. The predicted molar refractivity (Wildman–Crippen MR) is 151 cm³/mol. The van der Waals surface area contributed by atoms with Gasteiger partial charge >= 0.3 is 5.97 Å². The second-order valence-corrected chi connectivity index (χ2v) is 12.1. The summed E-state index contributed by atoms with van der Waals surface area (Å²) in [6.07, 6.45) is 4.94. The van der Waals surface area contributed by atoms with Gasteiger partial charge in [0.15, 0.2) is 0 Å². The van der Waals surface area contributed by atoms with E-state index in [-0.39, 0.29) is 11.0 Å². The molecule has 0 saturated heterocycles. The standard InChI is InChI=1S/C32H30N2O2S/c1-4-37-22-10-12-24-23-11-9-21(16-27(23)32(2,3)28(24)17-22)34-29-7-5-6-25(29)26-15-19(8-13-30(26)34)14-20(18-33)31(35)36/h8-17,25,29H,4-7H2,1-3H3,(H,35,36)/b20-14+. The average molecular weight is 507 g/mol. The molecule has 0 radical (unpaired) electrons. The molecule has 2 atom stereocenters. The van der Waals surface area contributed by atoms with E-state index in [1.54, 1.807) is 6.07 Å². The van der Waals surface area contributed by atoms with Crippen LogP contribution in [0.5, 0.6) is 0 Å². The number of carboxylic acid groups (broad SMARTS) is 1. The molecule has 1 fully saturated rings. The van der Waals surface area contributed by atoms with Crippen LogP contribution in [0.15, 0.2) is 65.1 Å². The van der Waals surface area contributed by atoms with E-state index in [0.717, 1.165) is 24.2 Å². The molecule has 3 aromatic carbocycles. The Morgan fingerprint density at radius 2 is 1.86 bits per heavy atom. The maximum absolute atomic E-state index is 11.4. The van der Waals surface area contributed by atoms with Crippen LogP contribution in [-0.2, 0) is 10.2 Å². The van der Waals surface area contributed by atoms with Crippen molar-refractivity contribution in [1.29, 1.82) is 5.26 Å². The number of carbonyl (C=O) groups is 1. The van der Waals surface area contributed by atoms with Gasteiger partial charge in [0.1, 0.15) is 11.6 Å². The second kappa shape index (κ2) is 8.82. The molecule has 1 saturated carbocycles. The van der Waals surface area contributed by atoms with Gasteiger partial charge < -0.3 is 10.0 Å². The summed E-state index contributed by atoms with van der Waals surface area (Å²) in [5.74, 6) is 0.301. The number of hydrogen-bond donors (Lipinski definition) is 1. The molecule has 3 aromatic rings. The van der Waals surface area contributed by atoms with Crippen LogP contribution in [0.25, 0.3) is 17.2 Å². The summed E-state index contributed by atoms with van der Waals surface area (Å²) in [4.78, 5) is 15.2. The third kappa shape index (κ3) is 3.69. The fourth-order valence-electron chi connectivity index (χ4n) is 6.72. The minimum absolute atomic E-state index is 0.0677. The first kappa shape index (κ1) is 23.9. The average Bonchev–Trinajstić information content (AvgIpc) is 3.53. The Morgan fingerprint density at radius 1 is 1.11 bits per heavy atom. The van der Waals surface area contributed by atoms with E-state index in [9.17, 15) is 15.2 Å². The van der Waals surface area contributed by atoms with Gasteiger partial charge in [-0.15, -0.1) is 11.8 Å². The summed E-state index contributed by atoms with van der Waals surface area (Å²) in [7, 11) is 0. The number of aliphatic carboxylic acids is 1. The van der Waals surface area contributed by atoms with E-state index < -0.39 is 5.97 Å². The summed E-state index contributed by atoms with van der Waals surface area (Å²) < 4.78 is 0. The SMILES string of the molecule is CCSc1ccc2c(c1)C(C)(C)c1cc(N3c4ccc(/C=C(\C#N)C(=O)O)cc4C4CCCC43)ccc1-2. The molecule has 2 aliphatic carbocycles. The molecule has 37 heavy (non-hydrogen) atoms. The molecular weight excluding hydrogens is 476 g/mol. The topological polar surface area (TPSA) is 64.3 Å².